The molecule has 2 nitrogen and oxygen atoms in total. The summed E-state index contributed by atoms with van der Waals surface area (Å²) in [4.78, 5) is 0. The van der Waals surface area contributed by atoms with Gasteiger partial charge in [0, 0.05) is 0 Å². The molecule has 1 rings (SSSR count). The first-order chi connectivity index (χ1) is 7.81. The van der Waals surface area contributed by atoms with Crippen molar-refractivity contribution in [3.8, 4) is 11.5 Å². The molecule has 0 aliphatic heterocycles. The van der Waals surface area contributed by atoms with Gasteiger partial charge in [0.1, 0.15) is 0 Å². The summed E-state index contributed by atoms with van der Waals surface area (Å²) >= 11 is 0. The molecule has 0 amide bonds. The monoisotopic (exact) mass is 220 g/mol. The Morgan fingerprint density at radius 3 is 2.31 bits per heavy atom. The molecule has 1 aromatic rings. The third kappa shape index (κ3) is 3.61. The van der Waals surface area contributed by atoms with Crippen LogP contribution in [0.25, 0.3) is 6.08 Å². The number of allylic oxidation sites excluding steroid dienone is 1. The van der Waals surface area contributed by atoms with Crippen molar-refractivity contribution >= 4 is 6.08 Å². The molecule has 0 atom stereocenters. The van der Waals surface area contributed by atoms with Crippen LogP contribution in [0.4, 0.5) is 0 Å². The van der Waals surface area contributed by atoms with Crippen LogP contribution in [0.15, 0.2) is 24.3 Å². The third-order valence-electron chi connectivity index (χ3n) is 2.11. The van der Waals surface area contributed by atoms with Crippen molar-refractivity contribution in [2.24, 2.45) is 0 Å². The van der Waals surface area contributed by atoms with E-state index in [2.05, 4.69) is 19.1 Å². The minimum Gasteiger partial charge on any atom is -0.490 e. The molecular weight excluding hydrogens is 200 g/mol. The largest absolute Gasteiger partial charge is 0.490 e. The van der Waals surface area contributed by atoms with E-state index in [1.165, 1.54) is 0 Å². The van der Waals surface area contributed by atoms with Crippen LogP contribution in [0.3, 0.4) is 0 Å². The molecule has 0 fully saturated rings. The number of benzene rings is 1. The standard InChI is InChI=1S/C14H20O2/c1-4-7-8-12-9-10-13(15-5-2)14(11-12)16-6-3/h7-11H,4-6H2,1-3H3/b8-7+. The van der Waals surface area contributed by atoms with Crippen LogP contribution in [-0.4, -0.2) is 13.2 Å². The number of hydrogen-bond acceptors (Lipinski definition) is 2. The Hall–Kier alpha value is -1.44. The summed E-state index contributed by atoms with van der Waals surface area (Å²) < 4.78 is 11.1. The maximum atomic E-state index is 5.55. The summed E-state index contributed by atoms with van der Waals surface area (Å²) in [7, 11) is 0. The Bertz CT molecular complexity index is 343. The molecular formula is C14H20O2. The van der Waals surface area contributed by atoms with Crippen molar-refractivity contribution < 1.29 is 9.47 Å². The van der Waals surface area contributed by atoms with Gasteiger partial charge in [-0.15, -0.1) is 0 Å². The van der Waals surface area contributed by atoms with Crippen molar-refractivity contribution in [3.05, 3.63) is 29.8 Å². The lowest BCUT2D eigenvalue weighted by Crippen LogP contribution is -1.98. The fraction of sp³-hybridized carbons (Fsp3) is 0.429. The van der Waals surface area contributed by atoms with Gasteiger partial charge in [-0.2, -0.15) is 0 Å². The molecule has 2 heteroatoms. The van der Waals surface area contributed by atoms with Crippen LogP contribution in [0.1, 0.15) is 32.8 Å². The highest BCUT2D eigenvalue weighted by atomic mass is 16.5. The van der Waals surface area contributed by atoms with Crippen molar-refractivity contribution in [2.75, 3.05) is 13.2 Å². The van der Waals surface area contributed by atoms with E-state index in [9.17, 15) is 0 Å². The van der Waals surface area contributed by atoms with E-state index in [4.69, 9.17) is 9.47 Å². The Balaban J connectivity index is 2.92. The van der Waals surface area contributed by atoms with Gasteiger partial charge < -0.3 is 9.47 Å². The van der Waals surface area contributed by atoms with E-state index < -0.39 is 0 Å². The predicted octanol–water partition coefficient (Wildman–Crippen LogP) is 3.91. The van der Waals surface area contributed by atoms with Crippen LogP contribution in [0.2, 0.25) is 0 Å². The zero-order valence-electron chi connectivity index (χ0n) is 10.3. The van der Waals surface area contributed by atoms with Gasteiger partial charge in [-0.25, -0.2) is 0 Å². The molecule has 0 heterocycles. The van der Waals surface area contributed by atoms with Gasteiger partial charge >= 0.3 is 0 Å². The van der Waals surface area contributed by atoms with Crippen molar-refractivity contribution in [2.45, 2.75) is 27.2 Å². The average Bonchev–Trinajstić information content (AvgIpc) is 2.30. The summed E-state index contributed by atoms with van der Waals surface area (Å²) in [5.41, 5.74) is 1.15. The van der Waals surface area contributed by atoms with Crippen LogP contribution in [-0.2, 0) is 0 Å². The fourth-order valence-corrected chi connectivity index (χ4v) is 1.43. The molecule has 0 unspecified atom stereocenters. The predicted molar refractivity (Wildman–Crippen MR) is 68.1 cm³/mol. The molecule has 0 aliphatic carbocycles. The van der Waals surface area contributed by atoms with Crippen LogP contribution in [0, 0.1) is 0 Å². The molecule has 88 valence electrons. The minimum atomic E-state index is 0.654. The lowest BCUT2D eigenvalue weighted by atomic mass is 10.2. The highest BCUT2D eigenvalue weighted by molar-refractivity contribution is 5.55. The second kappa shape index (κ2) is 6.94. The topological polar surface area (TPSA) is 18.5 Å². The first-order valence-electron chi connectivity index (χ1n) is 5.88. The Morgan fingerprint density at radius 2 is 1.69 bits per heavy atom. The maximum absolute atomic E-state index is 5.55. The van der Waals surface area contributed by atoms with Crippen molar-refractivity contribution in [1.82, 2.24) is 0 Å². The molecule has 0 radical (unpaired) electrons. The highest BCUT2D eigenvalue weighted by Crippen LogP contribution is 2.28. The summed E-state index contributed by atoms with van der Waals surface area (Å²) in [6.07, 6.45) is 5.26. The lowest BCUT2D eigenvalue weighted by Gasteiger charge is -2.11. The molecule has 0 saturated carbocycles. The van der Waals surface area contributed by atoms with E-state index in [0.29, 0.717) is 13.2 Å². The molecule has 1 aromatic carbocycles. The van der Waals surface area contributed by atoms with E-state index in [1.807, 2.05) is 32.0 Å². The lowest BCUT2D eigenvalue weighted by molar-refractivity contribution is 0.287. The van der Waals surface area contributed by atoms with E-state index in [0.717, 1.165) is 23.5 Å². The van der Waals surface area contributed by atoms with Gasteiger partial charge in [0.05, 0.1) is 13.2 Å². The summed E-state index contributed by atoms with van der Waals surface area (Å²) in [6.45, 7) is 7.38. The van der Waals surface area contributed by atoms with E-state index in [-0.39, 0.29) is 0 Å². The van der Waals surface area contributed by atoms with Gasteiger partial charge in [-0.1, -0.05) is 25.1 Å². The first kappa shape index (κ1) is 12.6. The van der Waals surface area contributed by atoms with Gasteiger partial charge in [0.15, 0.2) is 11.5 Å². The van der Waals surface area contributed by atoms with Crippen LogP contribution in [0.5, 0.6) is 11.5 Å². The molecule has 0 saturated heterocycles. The number of hydrogen-bond donors (Lipinski definition) is 0. The second-order valence-corrected chi connectivity index (χ2v) is 3.38. The highest BCUT2D eigenvalue weighted by Gasteiger charge is 2.04. The molecule has 0 bridgehead atoms. The molecule has 16 heavy (non-hydrogen) atoms. The molecule has 0 spiro atoms. The quantitative estimate of drug-likeness (QED) is 0.723. The fourth-order valence-electron chi connectivity index (χ4n) is 1.43. The first-order valence-corrected chi connectivity index (χ1v) is 5.88. The SMILES string of the molecule is CC/C=C/c1ccc(OCC)c(OCC)c1. The zero-order valence-corrected chi connectivity index (χ0v) is 10.3. The Kier molecular flexibility index (Phi) is 5.48. The molecule has 0 aromatic heterocycles. The normalized spacial score (nSPS) is 10.7. The van der Waals surface area contributed by atoms with E-state index in [1.54, 1.807) is 0 Å². The Labute approximate surface area is 97.9 Å². The Morgan fingerprint density at radius 1 is 1.00 bits per heavy atom. The van der Waals surface area contributed by atoms with Gasteiger partial charge in [0.25, 0.3) is 0 Å². The van der Waals surface area contributed by atoms with Crippen LogP contribution < -0.4 is 9.47 Å². The van der Waals surface area contributed by atoms with E-state index >= 15 is 0 Å². The molecule has 0 N–H and O–H groups in total. The van der Waals surface area contributed by atoms with Crippen molar-refractivity contribution in [3.63, 3.8) is 0 Å². The minimum absolute atomic E-state index is 0.654. The third-order valence-corrected chi connectivity index (χ3v) is 2.11. The maximum Gasteiger partial charge on any atom is 0.161 e. The van der Waals surface area contributed by atoms with Gasteiger partial charge in [0.2, 0.25) is 0 Å². The smallest absolute Gasteiger partial charge is 0.161 e. The van der Waals surface area contributed by atoms with Crippen molar-refractivity contribution in [1.29, 1.82) is 0 Å². The van der Waals surface area contributed by atoms with Gasteiger partial charge in [-0.05, 0) is 38.0 Å². The number of rotatable bonds is 6. The summed E-state index contributed by atoms with van der Waals surface area (Å²) in [5.74, 6) is 1.64. The second-order valence-electron chi connectivity index (χ2n) is 3.38. The van der Waals surface area contributed by atoms with Crippen LogP contribution >= 0.6 is 0 Å². The zero-order chi connectivity index (χ0) is 11.8. The average molecular weight is 220 g/mol. The summed E-state index contributed by atoms with van der Waals surface area (Å²) in [5, 5.41) is 0. The molecule has 0 aliphatic rings. The summed E-state index contributed by atoms with van der Waals surface area (Å²) in [6, 6.07) is 6.02. The van der Waals surface area contributed by atoms with Gasteiger partial charge in [-0.3, -0.25) is 0 Å². The number of ether oxygens (including phenoxy) is 2.